The minimum Gasteiger partial charge on any atom is -0.332 e. The highest BCUT2D eigenvalue weighted by Crippen LogP contribution is 2.26. The van der Waals surface area contributed by atoms with Gasteiger partial charge in [-0.15, -0.1) is 0 Å². The molecule has 186 valence electrons. The maximum Gasteiger partial charge on any atom is 0.257 e. The van der Waals surface area contributed by atoms with Crippen molar-refractivity contribution in [1.82, 2.24) is 29.4 Å². The molecule has 4 heterocycles. The van der Waals surface area contributed by atoms with Gasteiger partial charge < -0.3 is 9.47 Å². The molecule has 0 radical (unpaired) electrons. The summed E-state index contributed by atoms with van der Waals surface area (Å²) >= 11 is 0. The summed E-state index contributed by atoms with van der Waals surface area (Å²) < 4.78 is 17.3. The van der Waals surface area contributed by atoms with Gasteiger partial charge in [0.2, 0.25) is 0 Å². The fourth-order valence-corrected chi connectivity index (χ4v) is 4.43. The molecule has 0 atom stereocenters. The quantitative estimate of drug-likeness (QED) is 0.383. The lowest BCUT2D eigenvalue weighted by atomic mass is 10.0. The lowest BCUT2D eigenvalue weighted by Crippen LogP contribution is -2.38. The molecule has 0 fully saturated rings. The van der Waals surface area contributed by atoms with Gasteiger partial charge in [-0.3, -0.25) is 9.78 Å². The van der Waals surface area contributed by atoms with Crippen LogP contribution in [0, 0.1) is 17.7 Å². The van der Waals surface area contributed by atoms with Crippen LogP contribution in [0.2, 0.25) is 0 Å². The van der Waals surface area contributed by atoms with Gasteiger partial charge in [-0.25, -0.2) is 19.3 Å². The Kier molecular flexibility index (Phi) is 7.04. The molecule has 7 nitrogen and oxygen atoms in total. The molecule has 1 aliphatic rings. The van der Waals surface area contributed by atoms with Crippen molar-refractivity contribution in [1.29, 1.82) is 0 Å². The van der Waals surface area contributed by atoms with E-state index in [-0.39, 0.29) is 11.5 Å². The molecule has 0 N–H and O–H groups in total. The van der Waals surface area contributed by atoms with Crippen LogP contribution in [0.15, 0.2) is 55.2 Å². The van der Waals surface area contributed by atoms with Crippen LogP contribution < -0.4 is 0 Å². The number of nitrogens with zero attached hydrogens (tertiary/aromatic N) is 6. The number of amides is 1. The van der Waals surface area contributed by atoms with E-state index in [9.17, 15) is 4.79 Å². The van der Waals surface area contributed by atoms with Crippen LogP contribution in [-0.2, 0) is 25.9 Å². The van der Waals surface area contributed by atoms with Crippen LogP contribution in [-0.4, -0.2) is 41.9 Å². The van der Waals surface area contributed by atoms with Crippen molar-refractivity contribution in [3.8, 4) is 23.1 Å². The molecule has 0 saturated heterocycles. The van der Waals surface area contributed by atoms with Crippen LogP contribution in [0.4, 0.5) is 4.39 Å². The lowest BCUT2D eigenvalue weighted by Gasteiger charge is -2.28. The average molecular weight is 495 g/mol. The summed E-state index contributed by atoms with van der Waals surface area (Å²) in [4.78, 5) is 32.3. The third-order valence-electron chi connectivity index (χ3n) is 6.43. The summed E-state index contributed by atoms with van der Waals surface area (Å²) in [5, 5.41) is 0. The topological polar surface area (TPSA) is 76.8 Å². The SMILES string of the molecule is CCCc1ccc(C#Cc2c(CC)ncnc2-c2ccc(C(=O)N3CCn4ccnc4C3)c(F)c2)cn1. The second kappa shape index (κ2) is 10.7. The van der Waals surface area contributed by atoms with Crippen molar-refractivity contribution in [3.05, 3.63) is 95.0 Å². The first kappa shape index (κ1) is 24.3. The molecule has 3 aromatic heterocycles. The van der Waals surface area contributed by atoms with Crippen molar-refractivity contribution < 1.29 is 9.18 Å². The summed E-state index contributed by atoms with van der Waals surface area (Å²) in [6.45, 7) is 5.61. The van der Waals surface area contributed by atoms with Crippen LogP contribution in [0.5, 0.6) is 0 Å². The van der Waals surface area contributed by atoms with Crippen LogP contribution in [0.25, 0.3) is 11.3 Å². The third kappa shape index (κ3) is 5.12. The predicted molar refractivity (Wildman–Crippen MR) is 138 cm³/mol. The van der Waals surface area contributed by atoms with E-state index in [1.54, 1.807) is 23.4 Å². The second-order valence-electron chi connectivity index (χ2n) is 8.89. The van der Waals surface area contributed by atoms with Gasteiger partial charge in [0, 0.05) is 48.5 Å². The number of carbonyl (C=O) groups is 1. The first-order chi connectivity index (χ1) is 18.1. The van der Waals surface area contributed by atoms with Gasteiger partial charge >= 0.3 is 0 Å². The van der Waals surface area contributed by atoms with Gasteiger partial charge in [-0.1, -0.05) is 38.2 Å². The maximum absolute atomic E-state index is 15.3. The Morgan fingerprint density at radius 3 is 2.70 bits per heavy atom. The number of fused-ring (bicyclic) bond motifs is 1. The van der Waals surface area contributed by atoms with Crippen molar-refractivity contribution in [3.63, 3.8) is 0 Å². The standard InChI is InChI=1S/C29H27FN6O/c1-3-5-22-9-6-20(17-32-22)7-10-24-26(4-2)33-19-34-28(24)21-8-11-23(25(30)16-21)29(37)36-15-14-35-13-12-31-27(35)18-36/h6,8-9,11-13,16-17,19H,3-5,14-15,18H2,1-2H3. The summed E-state index contributed by atoms with van der Waals surface area (Å²) in [7, 11) is 0. The van der Waals surface area contributed by atoms with Gasteiger partial charge in [0.1, 0.15) is 18.0 Å². The summed E-state index contributed by atoms with van der Waals surface area (Å²) in [5.74, 6) is 6.19. The normalized spacial score (nSPS) is 12.6. The molecule has 1 aromatic carbocycles. The minimum atomic E-state index is -0.595. The molecule has 1 aliphatic heterocycles. The van der Waals surface area contributed by atoms with Gasteiger partial charge in [-0.2, -0.15) is 0 Å². The van der Waals surface area contributed by atoms with Crippen LogP contribution >= 0.6 is 0 Å². The monoisotopic (exact) mass is 494 g/mol. The Hall–Kier alpha value is -4.38. The van der Waals surface area contributed by atoms with Gasteiger partial charge in [0.15, 0.2) is 0 Å². The molecule has 8 heteroatoms. The third-order valence-corrected chi connectivity index (χ3v) is 6.43. The number of benzene rings is 1. The lowest BCUT2D eigenvalue weighted by molar-refractivity contribution is 0.0703. The van der Waals surface area contributed by atoms with E-state index in [0.717, 1.165) is 35.6 Å². The van der Waals surface area contributed by atoms with E-state index in [1.807, 2.05) is 29.8 Å². The molecular weight excluding hydrogens is 467 g/mol. The second-order valence-corrected chi connectivity index (χ2v) is 8.89. The molecule has 5 rings (SSSR count). The summed E-state index contributed by atoms with van der Waals surface area (Å²) in [5.41, 5.74) is 4.34. The maximum atomic E-state index is 15.3. The first-order valence-corrected chi connectivity index (χ1v) is 12.5. The number of carbonyl (C=O) groups excluding carboxylic acids is 1. The number of hydrogen-bond donors (Lipinski definition) is 0. The van der Waals surface area contributed by atoms with E-state index in [0.29, 0.717) is 42.9 Å². The highest BCUT2D eigenvalue weighted by molar-refractivity contribution is 5.95. The van der Waals surface area contributed by atoms with E-state index in [1.165, 1.54) is 18.5 Å². The van der Waals surface area contributed by atoms with Gasteiger partial charge in [-0.05, 0) is 37.1 Å². The van der Waals surface area contributed by atoms with E-state index in [2.05, 4.69) is 38.7 Å². The number of halogens is 1. The predicted octanol–water partition coefficient (Wildman–Crippen LogP) is 4.44. The molecule has 0 saturated carbocycles. The molecule has 37 heavy (non-hydrogen) atoms. The van der Waals surface area contributed by atoms with Crippen LogP contribution in [0.1, 0.15) is 59.0 Å². The number of imidazole rings is 1. The molecule has 4 aromatic rings. The van der Waals surface area contributed by atoms with Gasteiger partial charge in [0.05, 0.1) is 29.1 Å². The number of aryl methyl sites for hydroxylation is 2. The van der Waals surface area contributed by atoms with Crippen molar-refractivity contribution in [2.45, 2.75) is 46.2 Å². The van der Waals surface area contributed by atoms with Crippen molar-refractivity contribution in [2.75, 3.05) is 6.54 Å². The highest BCUT2D eigenvalue weighted by Gasteiger charge is 2.25. The molecule has 0 unspecified atom stereocenters. The van der Waals surface area contributed by atoms with E-state index >= 15 is 4.39 Å². The fraction of sp³-hybridized carbons (Fsp3) is 0.276. The summed E-state index contributed by atoms with van der Waals surface area (Å²) in [6.07, 6.45) is 9.44. The minimum absolute atomic E-state index is 0.0272. The Bertz CT molecular complexity index is 1500. The van der Waals surface area contributed by atoms with E-state index < -0.39 is 5.82 Å². The Balaban J connectivity index is 1.44. The molecule has 1 amide bonds. The molecular formula is C29H27FN6O. The largest absolute Gasteiger partial charge is 0.332 e. The molecule has 0 bridgehead atoms. The van der Waals surface area contributed by atoms with Gasteiger partial charge in [0.25, 0.3) is 5.91 Å². The zero-order chi connectivity index (χ0) is 25.8. The summed E-state index contributed by atoms with van der Waals surface area (Å²) in [6, 6.07) is 8.53. The Labute approximate surface area is 215 Å². The molecule has 0 spiro atoms. The number of pyridine rings is 1. The Morgan fingerprint density at radius 2 is 1.95 bits per heavy atom. The smallest absolute Gasteiger partial charge is 0.257 e. The Morgan fingerprint density at radius 1 is 1.05 bits per heavy atom. The van der Waals surface area contributed by atoms with Crippen molar-refractivity contribution in [2.24, 2.45) is 0 Å². The first-order valence-electron chi connectivity index (χ1n) is 12.5. The average Bonchev–Trinajstić information content (AvgIpc) is 3.40. The zero-order valence-corrected chi connectivity index (χ0v) is 20.9. The number of rotatable bonds is 5. The molecule has 0 aliphatic carbocycles. The number of hydrogen-bond acceptors (Lipinski definition) is 5. The van der Waals surface area contributed by atoms with E-state index in [4.69, 9.17) is 0 Å². The van der Waals surface area contributed by atoms with Crippen molar-refractivity contribution >= 4 is 5.91 Å². The van der Waals surface area contributed by atoms with Crippen LogP contribution in [0.3, 0.4) is 0 Å². The highest BCUT2D eigenvalue weighted by atomic mass is 19.1. The fourth-order valence-electron chi connectivity index (χ4n) is 4.43. The number of aromatic nitrogens is 5. The zero-order valence-electron chi connectivity index (χ0n) is 20.9.